The first-order valence-electron chi connectivity index (χ1n) is 7.92. The van der Waals surface area contributed by atoms with E-state index >= 15 is 0 Å². The van der Waals surface area contributed by atoms with E-state index in [9.17, 15) is 0 Å². The number of nitrogens with one attached hydrogen (secondary N) is 2. The van der Waals surface area contributed by atoms with Gasteiger partial charge in [-0.3, -0.25) is 0 Å². The van der Waals surface area contributed by atoms with Crippen molar-refractivity contribution in [2.45, 2.75) is 45.6 Å². The third-order valence-electron chi connectivity index (χ3n) is 3.90. The number of aromatic nitrogens is 1. The number of anilines is 1. The summed E-state index contributed by atoms with van der Waals surface area (Å²) in [6.07, 6.45) is 2.81. The van der Waals surface area contributed by atoms with Gasteiger partial charge in [0.15, 0.2) is 5.11 Å². The van der Waals surface area contributed by atoms with Crippen molar-refractivity contribution in [3.8, 4) is 0 Å². The molecule has 23 heavy (non-hydrogen) atoms. The van der Waals surface area contributed by atoms with Gasteiger partial charge in [0.05, 0.1) is 0 Å². The van der Waals surface area contributed by atoms with Crippen molar-refractivity contribution in [3.05, 3.63) is 59.8 Å². The zero-order chi connectivity index (χ0) is 16.9. The number of nitrogens with zero attached hydrogens (tertiary/aromatic N) is 1. The normalized spacial score (nSPS) is 12.5. The second kappa shape index (κ2) is 7.55. The molecule has 0 bridgehead atoms. The van der Waals surface area contributed by atoms with Crippen LogP contribution < -0.4 is 10.6 Å². The minimum atomic E-state index is 0.0887. The Morgan fingerprint density at radius 3 is 2.48 bits per heavy atom. The number of rotatable bonds is 5. The van der Waals surface area contributed by atoms with Crippen LogP contribution in [0.3, 0.4) is 0 Å². The Morgan fingerprint density at radius 2 is 1.87 bits per heavy atom. The van der Waals surface area contributed by atoms with E-state index in [0.29, 0.717) is 5.11 Å². The van der Waals surface area contributed by atoms with Crippen LogP contribution in [0.2, 0.25) is 0 Å². The Labute approximate surface area is 144 Å². The maximum atomic E-state index is 5.39. The zero-order valence-corrected chi connectivity index (χ0v) is 15.1. The van der Waals surface area contributed by atoms with Crippen molar-refractivity contribution >= 4 is 23.1 Å². The van der Waals surface area contributed by atoms with Crippen molar-refractivity contribution in [2.24, 2.45) is 0 Å². The predicted octanol–water partition coefficient (Wildman–Crippen LogP) is 4.43. The molecule has 0 fully saturated rings. The lowest BCUT2D eigenvalue weighted by molar-refractivity contribution is 0.420. The minimum Gasteiger partial charge on any atom is -0.360 e. The summed E-state index contributed by atoms with van der Waals surface area (Å²) in [6.45, 7) is 8.69. The number of pyridine rings is 1. The third kappa shape index (κ3) is 5.32. The first kappa shape index (κ1) is 17.4. The average Bonchev–Trinajstić information content (AvgIpc) is 2.49. The van der Waals surface area contributed by atoms with Gasteiger partial charge in [0.2, 0.25) is 0 Å². The van der Waals surface area contributed by atoms with Crippen molar-refractivity contribution < 1.29 is 0 Å². The Bertz CT molecular complexity index is 635. The molecule has 0 radical (unpaired) electrons. The summed E-state index contributed by atoms with van der Waals surface area (Å²) in [6, 6.07) is 14.8. The summed E-state index contributed by atoms with van der Waals surface area (Å²) >= 11 is 5.39. The van der Waals surface area contributed by atoms with Gasteiger partial charge < -0.3 is 10.6 Å². The zero-order valence-electron chi connectivity index (χ0n) is 14.3. The van der Waals surface area contributed by atoms with Crippen LogP contribution in [0.25, 0.3) is 0 Å². The molecular formula is C19H25N3S. The highest BCUT2D eigenvalue weighted by Gasteiger charge is 2.23. The van der Waals surface area contributed by atoms with Gasteiger partial charge in [-0.15, -0.1) is 0 Å². The van der Waals surface area contributed by atoms with E-state index in [1.807, 2.05) is 25.3 Å². The quantitative estimate of drug-likeness (QED) is 0.797. The molecule has 1 aromatic heterocycles. The van der Waals surface area contributed by atoms with E-state index in [1.54, 1.807) is 0 Å². The monoisotopic (exact) mass is 327 g/mol. The van der Waals surface area contributed by atoms with Gasteiger partial charge in [-0.2, -0.15) is 0 Å². The van der Waals surface area contributed by atoms with Crippen LogP contribution in [0.5, 0.6) is 0 Å². The molecule has 0 aliphatic rings. The van der Waals surface area contributed by atoms with Crippen molar-refractivity contribution in [1.29, 1.82) is 0 Å². The summed E-state index contributed by atoms with van der Waals surface area (Å²) in [5, 5.41) is 7.09. The van der Waals surface area contributed by atoms with Crippen molar-refractivity contribution in [1.82, 2.24) is 10.3 Å². The molecule has 2 rings (SSSR count). The highest BCUT2D eigenvalue weighted by Crippen LogP contribution is 2.28. The van der Waals surface area contributed by atoms with E-state index in [4.69, 9.17) is 12.2 Å². The molecular weight excluding hydrogens is 302 g/mol. The molecule has 2 N–H and O–H groups in total. The number of thiocarbonyl (C=S) groups is 1. The second-order valence-corrected chi connectivity index (χ2v) is 7.08. The minimum absolute atomic E-state index is 0.0887. The summed E-state index contributed by atoms with van der Waals surface area (Å²) in [5.41, 5.74) is 2.56. The van der Waals surface area contributed by atoms with Gasteiger partial charge in [-0.1, -0.05) is 50.2 Å². The molecule has 122 valence electrons. The van der Waals surface area contributed by atoms with Crippen molar-refractivity contribution in [2.75, 3.05) is 5.32 Å². The number of benzene rings is 1. The van der Waals surface area contributed by atoms with Gasteiger partial charge in [0.25, 0.3) is 0 Å². The molecule has 1 aromatic carbocycles. The summed E-state index contributed by atoms with van der Waals surface area (Å²) in [7, 11) is 0. The molecule has 0 spiro atoms. The lowest BCUT2D eigenvalue weighted by Crippen LogP contribution is -2.39. The third-order valence-corrected chi connectivity index (χ3v) is 4.12. The highest BCUT2D eigenvalue weighted by molar-refractivity contribution is 7.80. The first-order valence-corrected chi connectivity index (χ1v) is 8.33. The molecule has 0 saturated carbocycles. The lowest BCUT2D eigenvalue weighted by atomic mass is 9.79. The first-order chi connectivity index (χ1) is 10.9. The van der Waals surface area contributed by atoms with Gasteiger partial charge in [0, 0.05) is 12.2 Å². The second-order valence-electron chi connectivity index (χ2n) is 6.67. The van der Waals surface area contributed by atoms with Gasteiger partial charge >= 0.3 is 0 Å². The molecule has 0 amide bonds. The molecule has 3 nitrogen and oxygen atoms in total. The topological polar surface area (TPSA) is 37.0 Å². The molecule has 0 aliphatic carbocycles. The lowest BCUT2D eigenvalue weighted by Gasteiger charge is -2.29. The Morgan fingerprint density at radius 1 is 1.17 bits per heavy atom. The van der Waals surface area contributed by atoms with Crippen LogP contribution in [0, 0.1) is 6.92 Å². The highest BCUT2D eigenvalue weighted by atomic mass is 32.1. The average molecular weight is 327 g/mol. The largest absolute Gasteiger partial charge is 0.360 e. The Hall–Kier alpha value is -1.94. The summed E-state index contributed by atoms with van der Waals surface area (Å²) in [5.74, 6) is 0.766. The van der Waals surface area contributed by atoms with Gasteiger partial charge in [0.1, 0.15) is 5.82 Å². The maximum absolute atomic E-state index is 5.39. The molecule has 1 heterocycles. The smallest absolute Gasteiger partial charge is 0.172 e. The van der Waals surface area contributed by atoms with E-state index in [-0.39, 0.29) is 11.5 Å². The van der Waals surface area contributed by atoms with E-state index in [1.165, 1.54) is 5.56 Å². The molecule has 1 atom stereocenters. The van der Waals surface area contributed by atoms with Crippen LogP contribution in [0.4, 0.5) is 5.82 Å². The summed E-state index contributed by atoms with van der Waals surface area (Å²) < 4.78 is 0. The SMILES string of the molecule is Cc1ccc(NC(=S)NC(C)CC(C)(C)c2ccccc2)nc1. The maximum Gasteiger partial charge on any atom is 0.172 e. The van der Waals surface area contributed by atoms with Crippen LogP contribution in [0.1, 0.15) is 38.3 Å². The molecule has 0 aliphatic heterocycles. The van der Waals surface area contributed by atoms with Crippen LogP contribution in [-0.2, 0) is 5.41 Å². The van der Waals surface area contributed by atoms with Crippen LogP contribution in [-0.4, -0.2) is 16.1 Å². The van der Waals surface area contributed by atoms with Crippen LogP contribution >= 0.6 is 12.2 Å². The number of aryl methyl sites for hydroxylation is 1. The fourth-order valence-electron chi connectivity index (χ4n) is 2.74. The number of hydrogen-bond acceptors (Lipinski definition) is 2. The fourth-order valence-corrected chi connectivity index (χ4v) is 3.05. The fraction of sp³-hybridized carbons (Fsp3) is 0.368. The van der Waals surface area contributed by atoms with Gasteiger partial charge in [-0.25, -0.2) is 4.98 Å². The van der Waals surface area contributed by atoms with E-state index in [0.717, 1.165) is 17.8 Å². The Kier molecular flexibility index (Phi) is 5.72. The Balaban J connectivity index is 1.89. The molecule has 2 aromatic rings. The molecule has 1 unspecified atom stereocenters. The van der Waals surface area contributed by atoms with E-state index < -0.39 is 0 Å². The summed E-state index contributed by atoms with van der Waals surface area (Å²) in [4.78, 5) is 4.31. The van der Waals surface area contributed by atoms with Gasteiger partial charge in [-0.05, 0) is 55.1 Å². The standard InChI is InChI=1S/C19H25N3S/c1-14-10-11-17(20-13-14)22-18(23)21-15(2)12-19(3,4)16-8-6-5-7-9-16/h5-11,13,15H,12H2,1-4H3,(H2,20,21,22,23). The van der Waals surface area contributed by atoms with E-state index in [2.05, 4.69) is 66.7 Å². The molecule has 4 heteroatoms. The van der Waals surface area contributed by atoms with Crippen molar-refractivity contribution in [3.63, 3.8) is 0 Å². The molecule has 0 saturated heterocycles. The number of hydrogen-bond donors (Lipinski definition) is 2. The predicted molar refractivity (Wildman–Crippen MR) is 102 cm³/mol. The van der Waals surface area contributed by atoms with Crippen LogP contribution in [0.15, 0.2) is 48.7 Å².